The van der Waals surface area contributed by atoms with Gasteiger partial charge in [-0.05, 0) is 63.1 Å². The molecule has 1 unspecified atom stereocenters. The molecule has 3 aromatic rings. The molecule has 1 fully saturated rings. The molecule has 0 bridgehead atoms. The van der Waals surface area contributed by atoms with Crippen LogP contribution >= 0.6 is 0 Å². The van der Waals surface area contributed by atoms with Gasteiger partial charge in [-0.3, -0.25) is 4.79 Å². The van der Waals surface area contributed by atoms with Crippen LogP contribution in [0.4, 0.5) is 5.82 Å². The highest BCUT2D eigenvalue weighted by Gasteiger charge is 2.29. The fraction of sp³-hybridized carbons (Fsp3) is 0.500. The molecule has 8 nitrogen and oxygen atoms in total. The van der Waals surface area contributed by atoms with Crippen LogP contribution in [0.3, 0.4) is 0 Å². The van der Waals surface area contributed by atoms with E-state index >= 15 is 0 Å². The van der Waals surface area contributed by atoms with Crippen LogP contribution in [0.15, 0.2) is 30.6 Å². The Morgan fingerprint density at radius 2 is 1.88 bits per heavy atom. The number of amides is 1. The van der Waals surface area contributed by atoms with Crippen molar-refractivity contribution in [2.45, 2.75) is 51.5 Å². The van der Waals surface area contributed by atoms with Crippen LogP contribution in [0.5, 0.6) is 11.5 Å². The van der Waals surface area contributed by atoms with Crippen LogP contribution in [-0.4, -0.2) is 47.8 Å². The second kappa shape index (κ2) is 9.52. The number of fused-ring (bicyclic) bond motifs is 3. The van der Waals surface area contributed by atoms with E-state index < -0.39 is 0 Å². The summed E-state index contributed by atoms with van der Waals surface area (Å²) >= 11 is 0. The summed E-state index contributed by atoms with van der Waals surface area (Å²) in [6.45, 7) is 3.63. The zero-order valence-electron chi connectivity index (χ0n) is 20.2. The molecule has 8 heteroatoms. The molecule has 0 saturated carbocycles. The number of carbonyl (C=O) groups excluding carboxylic acids is 1. The van der Waals surface area contributed by atoms with E-state index in [9.17, 15) is 4.79 Å². The van der Waals surface area contributed by atoms with Gasteiger partial charge in [-0.15, -0.1) is 0 Å². The number of rotatable bonds is 6. The first kappa shape index (κ1) is 22.5. The van der Waals surface area contributed by atoms with Gasteiger partial charge < -0.3 is 19.7 Å². The van der Waals surface area contributed by atoms with E-state index in [0.29, 0.717) is 11.5 Å². The lowest BCUT2D eigenvalue weighted by Gasteiger charge is -2.33. The summed E-state index contributed by atoms with van der Waals surface area (Å²) in [6.07, 6.45) is 9.96. The summed E-state index contributed by atoms with van der Waals surface area (Å²) in [4.78, 5) is 20.1. The van der Waals surface area contributed by atoms with E-state index in [0.717, 1.165) is 55.7 Å². The predicted octanol–water partition coefficient (Wildman–Crippen LogP) is 3.72. The van der Waals surface area contributed by atoms with Gasteiger partial charge in [-0.25, -0.2) is 9.50 Å². The zero-order valence-corrected chi connectivity index (χ0v) is 20.2. The molecule has 0 spiro atoms. The van der Waals surface area contributed by atoms with Gasteiger partial charge in [0.25, 0.3) is 0 Å². The Balaban J connectivity index is 1.24. The maximum Gasteiger partial charge on any atom is 0.223 e. The predicted molar refractivity (Wildman–Crippen MR) is 131 cm³/mol. The molecule has 5 rings (SSSR count). The molecule has 2 aromatic heterocycles. The highest BCUT2D eigenvalue weighted by Crippen LogP contribution is 2.33. The summed E-state index contributed by atoms with van der Waals surface area (Å²) < 4.78 is 12.7. The van der Waals surface area contributed by atoms with Crippen LogP contribution < -0.4 is 19.7 Å². The van der Waals surface area contributed by atoms with E-state index in [-0.39, 0.29) is 17.9 Å². The maximum atomic E-state index is 13.0. The molecule has 0 radical (unpaired) electrons. The minimum Gasteiger partial charge on any atom is -0.493 e. The van der Waals surface area contributed by atoms with Crippen molar-refractivity contribution in [1.29, 1.82) is 0 Å². The summed E-state index contributed by atoms with van der Waals surface area (Å²) in [5.74, 6) is 2.46. The molecule has 2 aliphatic rings. The molecule has 34 heavy (non-hydrogen) atoms. The van der Waals surface area contributed by atoms with Crippen molar-refractivity contribution in [3.05, 3.63) is 47.4 Å². The van der Waals surface area contributed by atoms with Crippen LogP contribution in [0, 0.1) is 5.92 Å². The number of hydrogen-bond donors (Lipinski definition) is 1. The number of aromatic nitrogens is 3. The molecule has 1 aliphatic heterocycles. The molecule has 1 aliphatic carbocycles. The fourth-order valence-corrected chi connectivity index (χ4v) is 5.27. The number of benzene rings is 1. The first-order valence-electron chi connectivity index (χ1n) is 12.2. The molecule has 180 valence electrons. The van der Waals surface area contributed by atoms with E-state index in [1.54, 1.807) is 14.2 Å². The third kappa shape index (κ3) is 4.17. The molecular weight excluding hydrogens is 430 g/mol. The van der Waals surface area contributed by atoms with Gasteiger partial charge in [0.15, 0.2) is 17.3 Å². The average molecular weight is 464 g/mol. The second-order valence-electron chi connectivity index (χ2n) is 9.28. The number of nitrogens with one attached hydrogen (secondary N) is 1. The van der Waals surface area contributed by atoms with Crippen LogP contribution in [-0.2, 0) is 17.6 Å². The number of anilines is 1. The Hall–Kier alpha value is -3.29. The number of aryl methyl sites for hydroxylation is 2. The minimum atomic E-state index is -0.112. The minimum absolute atomic E-state index is 0.00241. The van der Waals surface area contributed by atoms with Gasteiger partial charge in [-0.1, -0.05) is 6.07 Å². The van der Waals surface area contributed by atoms with Crippen LogP contribution in [0.2, 0.25) is 0 Å². The van der Waals surface area contributed by atoms with Crippen molar-refractivity contribution in [1.82, 2.24) is 19.9 Å². The first-order valence-corrected chi connectivity index (χ1v) is 12.2. The highest BCUT2D eigenvalue weighted by atomic mass is 16.5. The third-order valence-electron chi connectivity index (χ3n) is 7.23. The fourth-order valence-electron chi connectivity index (χ4n) is 5.27. The number of carbonyl (C=O) groups is 1. The standard InChI is InChI=1S/C26H33N5O3/c1-17(19-8-9-22(33-2)23(16-19)34-3)28-26(32)18-10-13-30(14-11-18)25-24-20-6-4-5-7-21(20)29-31(24)15-12-27-25/h8-9,12,15-18H,4-7,10-11,13-14H2,1-3H3,(H,28,32). The van der Waals surface area contributed by atoms with Gasteiger partial charge in [0.2, 0.25) is 5.91 Å². The van der Waals surface area contributed by atoms with Crippen molar-refractivity contribution >= 4 is 17.2 Å². The Bertz CT molecular complexity index is 1180. The lowest BCUT2D eigenvalue weighted by atomic mass is 9.94. The van der Waals surface area contributed by atoms with Crippen LogP contribution in [0.25, 0.3) is 5.52 Å². The van der Waals surface area contributed by atoms with E-state index in [2.05, 4.69) is 10.2 Å². The SMILES string of the molecule is COc1ccc(C(C)NC(=O)C2CCN(c3nccn4nc5c(c34)CCCC5)CC2)cc1OC. The van der Waals surface area contributed by atoms with Crippen molar-refractivity contribution < 1.29 is 14.3 Å². The van der Waals surface area contributed by atoms with Gasteiger partial charge in [0, 0.05) is 37.0 Å². The monoisotopic (exact) mass is 463 g/mol. The molecule has 1 saturated heterocycles. The quantitative estimate of drug-likeness (QED) is 0.600. The first-order chi connectivity index (χ1) is 16.6. The largest absolute Gasteiger partial charge is 0.493 e. The lowest BCUT2D eigenvalue weighted by molar-refractivity contribution is -0.126. The normalized spacial score (nSPS) is 17.3. The molecule has 1 atom stereocenters. The number of piperidine rings is 1. The topological polar surface area (TPSA) is 81.0 Å². The van der Waals surface area contributed by atoms with Gasteiger partial charge in [-0.2, -0.15) is 5.10 Å². The average Bonchev–Trinajstić information content (AvgIpc) is 3.27. The van der Waals surface area contributed by atoms with Gasteiger partial charge >= 0.3 is 0 Å². The zero-order chi connectivity index (χ0) is 23.7. The molecule has 1 aromatic carbocycles. The molecule has 3 heterocycles. The molecule has 1 N–H and O–H groups in total. The Labute approximate surface area is 200 Å². The summed E-state index contributed by atoms with van der Waals surface area (Å²) in [7, 11) is 3.24. The Morgan fingerprint density at radius 1 is 1.12 bits per heavy atom. The smallest absolute Gasteiger partial charge is 0.223 e. The van der Waals surface area contributed by atoms with Gasteiger partial charge in [0.1, 0.15) is 5.52 Å². The van der Waals surface area contributed by atoms with Gasteiger partial charge in [0.05, 0.1) is 26.0 Å². The van der Waals surface area contributed by atoms with Crippen molar-refractivity contribution in [2.24, 2.45) is 5.92 Å². The Kier molecular flexibility index (Phi) is 6.30. The number of hydrogen-bond acceptors (Lipinski definition) is 6. The van der Waals surface area contributed by atoms with Crippen molar-refractivity contribution in [3.8, 4) is 11.5 Å². The third-order valence-corrected chi connectivity index (χ3v) is 7.23. The molecule has 1 amide bonds. The second-order valence-corrected chi connectivity index (χ2v) is 9.28. The van der Waals surface area contributed by atoms with E-state index in [1.165, 1.54) is 24.1 Å². The number of methoxy groups -OCH3 is 2. The number of ether oxygens (including phenoxy) is 2. The summed E-state index contributed by atoms with van der Waals surface area (Å²) in [5, 5.41) is 8.00. The van der Waals surface area contributed by atoms with Crippen molar-refractivity contribution in [3.63, 3.8) is 0 Å². The van der Waals surface area contributed by atoms with Crippen molar-refractivity contribution in [2.75, 3.05) is 32.2 Å². The van der Waals surface area contributed by atoms with Crippen LogP contribution in [0.1, 0.15) is 55.5 Å². The Morgan fingerprint density at radius 3 is 2.65 bits per heavy atom. The lowest BCUT2D eigenvalue weighted by Crippen LogP contribution is -2.41. The van der Waals surface area contributed by atoms with E-state index in [1.807, 2.05) is 42.0 Å². The summed E-state index contributed by atoms with van der Waals surface area (Å²) in [6, 6.07) is 5.65. The summed E-state index contributed by atoms with van der Waals surface area (Å²) in [5.41, 5.74) is 4.73. The highest BCUT2D eigenvalue weighted by molar-refractivity contribution is 5.80. The van der Waals surface area contributed by atoms with E-state index in [4.69, 9.17) is 19.6 Å². The maximum absolute atomic E-state index is 13.0. The number of nitrogens with zero attached hydrogens (tertiary/aromatic N) is 4. The molecular formula is C26H33N5O3.